The van der Waals surface area contributed by atoms with E-state index in [4.69, 9.17) is 4.74 Å². The van der Waals surface area contributed by atoms with Crippen molar-refractivity contribution in [3.63, 3.8) is 0 Å². The summed E-state index contributed by atoms with van der Waals surface area (Å²) >= 11 is 1.67. The van der Waals surface area contributed by atoms with Crippen LogP contribution in [0.1, 0.15) is 29.1 Å². The molecule has 0 unspecified atom stereocenters. The number of thiophene rings is 1. The first kappa shape index (κ1) is 17.2. The fourth-order valence-electron chi connectivity index (χ4n) is 2.27. The standard InChI is InChI=1S/C19H21N3O2S/c1-14(2)13-24-16-7-5-15(6-8-16)19(23)21-18-9-10-20-22(18)12-17-4-3-11-25-17/h3-11,14H,12-13H2,1-2H3,(H,21,23). The van der Waals surface area contributed by atoms with E-state index < -0.39 is 0 Å². The van der Waals surface area contributed by atoms with Gasteiger partial charge >= 0.3 is 0 Å². The van der Waals surface area contributed by atoms with Crippen molar-refractivity contribution in [1.29, 1.82) is 0 Å². The van der Waals surface area contributed by atoms with Gasteiger partial charge in [-0.2, -0.15) is 5.10 Å². The van der Waals surface area contributed by atoms with Crippen LogP contribution in [0.3, 0.4) is 0 Å². The summed E-state index contributed by atoms with van der Waals surface area (Å²) in [6.07, 6.45) is 1.69. The van der Waals surface area contributed by atoms with Crippen molar-refractivity contribution in [3.05, 3.63) is 64.5 Å². The molecular formula is C19H21N3O2S. The van der Waals surface area contributed by atoms with E-state index in [1.54, 1.807) is 40.4 Å². The maximum Gasteiger partial charge on any atom is 0.256 e. The number of carbonyl (C=O) groups excluding carboxylic acids is 1. The first-order chi connectivity index (χ1) is 12.1. The molecule has 1 amide bonds. The summed E-state index contributed by atoms with van der Waals surface area (Å²) in [6, 6.07) is 13.0. The molecule has 3 rings (SSSR count). The summed E-state index contributed by atoms with van der Waals surface area (Å²) in [7, 11) is 0. The van der Waals surface area contributed by atoms with E-state index in [2.05, 4.69) is 24.3 Å². The number of ether oxygens (including phenoxy) is 1. The van der Waals surface area contributed by atoms with Gasteiger partial charge in [-0.3, -0.25) is 4.79 Å². The topological polar surface area (TPSA) is 56.1 Å². The molecule has 0 radical (unpaired) electrons. The highest BCUT2D eigenvalue weighted by Gasteiger charge is 2.10. The Labute approximate surface area is 151 Å². The number of rotatable bonds is 7. The van der Waals surface area contributed by atoms with Gasteiger partial charge in [-0.15, -0.1) is 11.3 Å². The Morgan fingerprint density at radius 1 is 1.24 bits per heavy atom. The van der Waals surface area contributed by atoms with Gasteiger partial charge in [-0.1, -0.05) is 19.9 Å². The van der Waals surface area contributed by atoms with Crippen LogP contribution in [0.25, 0.3) is 0 Å². The Morgan fingerprint density at radius 3 is 2.72 bits per heavy atom. The summed E-state index contributed by atoms with van der Waals surface area (Å²) < 4.78 is 7.42. The predicted molar refractivity (Wildman–Crippen MR) is 100 cm³/mol. The fraction of sp³-hybridized carbons (Fsp3) is 0.263. The first-order valence-electron chi connectivity index (χ1n) is 8.20. The summed E-state index contributed by atoms with van der Waals surface area (Å²) in [4.78, 5) is 13.6. The number of aromatic nitrogens is 2. The second-order valence-electron chi connectivity index (χ2n) is 6.14. The minimum absolute atomic E-state index is 0.164. The third kappa shape index (κ3) is 4.70. The lowest BCUT2D eigenvalue weighted by molar-refractivity contribution is 0.102. The van der Waals surface area contributed by atoms with Crippen LogP contribution in [0, 0.1) is 5.92 Å². The molecule has 2 heterocycles. The minimum atomic E-state index is -0.164. The van der Waals surface area contributed by atoms with Crippen molar-refractivity contribution in [1.82, 2.24) is 9.78 Å². The van der Waals surface area contributed by atoms with Gasteiger partial charge in [-0.05, 0) is 41.6 Å². The molecule has 0 spiro atoms. The zero-order valence-corrected chi connectivity index (χ0v) is 15.1. The summed E-state index contributed by atoms with van der Waals surface area (Å²) in [5.41, 5.74) is 0.584. The monoisotopic (exact) mass is 355 g/mol. The molecule has 1 aromatic carbocycles. The molecule has 130 valence electrons. The van der Waals surface area contributed by atoms with Crippen LogP contribution in [-0.4, -0.2) is 22.3 Å². The van der Waals surface area contributed by atoms with Crippen molar-refractivity contribution in [2.45, 2.75) is 20.4 Å². The lowest BCUT2D eigenvalue weighted by Gasteiger charge is -2.10. The molecule has 6 heteroatoms. The fourth-order valence-corrected chi connectivity index (χ4v) is 2.95. The number of hydrogen-bond donors (Lipinski definition) is 1. The minimum Gasteiger partial charge on any atom is -0.493 e. The molecule has 25 heavy (non-hydrogen) atoms. The van der Waals surface area contributed by atoms with E-state index >= 15 is 0 Å². The summed E-state index contributed by atoms with van der Waals surface area (Å²) in [5.74, 6) is 1.75. The van der Waals surface area contributed by atoms with Gasteiger partial charge in [0.25, 0.3) is 5.91 Å². The molecule has 2 aromatic heterocycles. The highest BCUT2D eigenvalue weighted by molar-refractivity contribution is 7.09. The lowest BCUT2D eigenvalue weighted by Crippen LogP contribution is -2.16. The number of amides is 1. The van der Waals surface area contributed by atoms with Gasteiger partial charge in [0.05, 0.1) is 19.3 Å². The second-order valence-corrected chi connectivity index (χ2v) is 7.17. The Bertz CT molecular complexity index is 808. The van der Waals surface area contributed by atoms with E-state index in [0.29, 0.717) is 30.5 Å². The van der Waals surface area contributed by atoms with E-state index in [0.717, 1.165) is 5.75 Å². The van der Waals surface area contributed by atoms with Crippen molar-refractivity contribution in [2.75, 3.05) is 11.9 Å². The molecule has 0 saturated heterocycles. The van der Waals surface area contributed by atoms with Gasteiger partial charge in [0.15, 0.2) is 0 Å². The van der Waals surface area contributed by atoms with Gasteiger partial charge in [0, 0.05) is 16.5 Å². The maximum atomic E-state index is 12.5. The van der Waals surface area contributed by atoms with Crippen LogP contribution in [-0.2, 0) is 6.54 Å². The van der Waals surface area contributed by atoms with Crippen molar-refractivity contribution < 1.29 is 9.53 Å². The van der Waals surface area contributed by atoms with E-state index in [1.807, 2.05) is 29.6 Å². The smallest absolute Gasteiger partial charge is 0.256 e. The number of carbonyl (C=O) groups is 1. The number of anilines is 1. The third-order valence-electron chi connectivity index (χ3n) is 3.54. The number of nitrogens with zero attached hydrogens (tertiary/aromatic N) is 2. The van der Waals surface area contributed by atoms with Crippen LogP contribution < -0.4 is 10.1 Å². The normalized spacial score (nSPS) is 10.8. The average Bonchev–Trinajstić information content (AvgIpc) is 3.26. The molecule has 0 aliphatic heterocycles. The second kappa shape index (κ2) is 7.98. The molecule has 0 aliphatic carbocycles. The number of nitrogens with one attached hydrogen (secondary N) is 1. The van der Waals surface area contributed by atoms with Crippen molar-refractivity contribution in [3.8, 4) is 5.75 Å². The molecule has 1 N–H and O–H groups in total. The Balaban J connectivity index is 1.63. The van der Waals surface area contributed by atoms with E-state index in [9.17, 15) is 4.79 Å². The molecule has 0 bridgehead atoms. The third-order valence-corrected chi connectivity index (χ3v) is 4.40. The van der Waals surface area contributed by atoms with Crippen LogP contribution >= 0.6 is 11.3 Å². The van der Waals surface area contributed by atoms with E-state index in [1.165, 1.54) is 4.88 Å². The van der Waals surface area contributed by atoms with Crippen LogP contribution in [0.5, 0.6) is 5.75 Å². The summed E-state index contributed by atoms with van der Waals surface area (Å²) in [5, 5.41) is 9.22. The predicted octanol–water partition coefficient (Wildman–Crippen LogP) is 4.28. The Kier molecular flexibility index (Phi) is 5.50. The average molecular weight is 355 g/mol. The number of hydrogen-bond acceptors (Lipinski definition) is 4. The zero-order valence-electron chi connectivity index (χ0n) is 14.3. The lowest BCUT2D eigenvalue weighted by atomic mass is 10.2. The Morgan fingerprint density at radius 2 is 2.04 bits per heavy atom. The van der Waals surface area contributed by atoms with E-state index in [-0.39, 0.29) is 5.91 Å². The number of benzene rings is 1. The van der Waals surface area contributed by atoms with Gasteiger partial charge < -0.3 is 10.1 Å². The highest BCUT2D eigenvalue weighted by atomic mass is 32.1. The highest BCUT2D eigenvalue weighted by Crippen LogP contribution is 2.17. The molecule has 0 atom stereocenters. The maximum absolute atomic E-state index is 12.5. The molecule has 0 saturated carbocycles. The van der Waals surface area contributed by atoms with Crippen molar-refractivity contribution in [2.24, 2.45) is 5.92 Å². The molecule has 5 nitrogen and oxygen atoms in total. The Hall–Kier alpha value is -2.60. The summed E-state index contributed by atoms with van der Waals surface area (Å²) in [6.45, 7) is 5.50. The molecule has 3 aromatic rings. The van der Waals surface area contributed by atoms with Crippen molar-refractivity contribution >= 4 is 23.1 Å². The molecule has 0 aliphatic rings. The van der Waals surface area contributed by atoms with Gasteiger partial charge in [0.1, 0.15) is 11.6 Å². The van der Waals surface area contributed by atoms with Crippen LogP contribution in [0.2, 0.25) is 0 Å². The van der Waals surface area contributed by atoms with Gasteiger partial charge in [0.2, 0.25) is 0 Å². The molecular weight excluding hydrogens is 334 g/mol. The quantitative estimate of drug-likeness (QED) is 0.688. The first-order valence-corrected chi connectivity index (χ1v) is 9.08. The van der Waals surface area contributed by atoms with Crippen LogP contribution in [0.15, 0.2) is 54.0 Å². The van der Waals surface area contributed by atoms with Crippen LogP contribution in [0.4, 0.5) is 5.82 Å². The SMILES string of the molecule is CC(C)COc1ccc(C(=O)Nc2ccnn2Cc2cccs2)cc1. The largest absolute Gasteiger partial charge is 0.493 e. The van der Waals surface area contributed by atoms with Gasteiger partial charge in [-0.25, -0.2) is 4.68 Å². The molecule has 0 fully saturated rings. The zero-order chi connectivity index (χ0) is 17.6.